The van der Waals surface area contributed by atoms with E-state index in [9.17, 15) is 9.18 Å². The molecule has 1 N–H and O–H groups in total. The normalized spacial score (nSPS) is 16.5. The minimum atomic E-state index is -0.178. The molecule has 0 saturated carbocycles. The third-order valence-corrected chi connectivity index (χ3v) is 3.30. The second-order valence-corrected chi connectivity index (χ2v) is 5.04. The Bertz CT molecular complexity index is 554. The molecule has 2 aromatic rings. The van der Waals surface area contributed by atoms with Crippen molar-refractivity contribution in [2.45, 2.75) is 25.5 Å². The van der Waals surface area contributed by atoms with Crippen LogP contribution in [0.1, 0.15) is 18.4 Å². The van der Waals surface area contributed by atoms with Gasteiger partial charge in [0, 0.05) is 0 Å². The molecular weight excluding hydrogens is 281 g/mol. The highest BCUT2D eigenvalue weighted by atomic mass is 19.1. The van der Waals surface area contributed by atoms with Crippen LogP contribution in [-0.4, -0.2) is 18.6 Å². The molecule has 1 aliphatic rings. The summed E-state index contributed by atoms with van der Waals surface area (Å²) < 4.78 is 17.1. The monoisotopic (exact) mass is 301 g/mol. The molecule has 1 fully saturated rings. The molecule has 22 heavy (non-hydrogen) atoms. The van der Waals surface area contributed by atoms with E-state index in [1.807, 2.05) is 30.3 Å². The van der Waals surface area contributed by atoms with Crippen LogP contribution in [0.15, 0.2) is 60.7 Å². The summed E-state index contributed by atoms with van der Waals surface area (Å²) in [6, 6.07) is 17.6. The van der Waals surface area contributed by atoms with Gasteiger partial charge in [0.1, 0.15) is 18.5 Å². The van der Waals surface area contributed by atoms with Gasteiger partial charge in [0.2, 0.25) is 0 Å². The van der Waals surface area contributed by atoms with Gasteiger partial charge in [-0.05, 0) is 37.1 Å². The first-order chi connectivity index (χ1) is 10.8. The van der Waals surface area contributed by atoms with Gasteiger partial charge >= 0.3 is 5.97 Å². The van der Waals surface area contributed by atoms with Gasteiger partial charge in [-0.15, -0.1) is 0 Å². The lowest BCUT2D eigenvalue weighted by Gasteiger charge is -2.09. The lowest BCUT2D eigenvalue weighted by Crippen LogP contribution is -2.32. The molecule has 1 atom stereocenters. The standard InChI is InChI=1S/C12H15NO2.C6H5F/c14-12(11-7-4-8-13-11)15-9-10-5-2-1-3-6-10;7-6-4-2-1-3-5-6/h1-3,5-6,11,13H,4,7-9H2;1-5H. The Kier molecular flexibility index (Phi) is 6.58. The summed E-state index contributed by atoms with van der Waals surface area (Å²) in [7, 11) is 0. The lowest BCUT2D eigenvalue weighted by atomic mass is 10.2. The summed E-state index contributed by atoms with van der Waals surface area (Å²) in [5, 5.41) is 3.12. The summed E-state index contributed by atoms with van der Waals surface area (Å²) in [5.74, 6) is -0.307. The topological polar surface area (TPSA) is 38.3 Å². The molecule has 4 heteroatoms. The highest BCUT2D eigenvalue weighted by molar-refractivity contribution is 5.76. The fraction of sp³-hybridized carbons (Fsp3) is 0.278. The van der Waals surface area contributed by atoms with Crippen LogP contribution in [0.5, 0.6) is 0 Å². The van der Waals surface area contributed by atoms with Crippen molar-refractivity contribution in [1.82, 2.24) is 5.32 Å². The molecule has 1 heterocycles. The number of benzene rings is 2. The highest BCUT2D eigenvalue weighted by Gasteiger charge is 2.23. The van der Waals surface area contributed by atoms with E-state index in [-0.39, 0.29) is 17.8 Å². The molecule has 0 amide bonds. The molecule has 1 saturated heterocycles. The maximum atomic E-state index is 11.9. The van der Waals surface area contributed by atoms with Crippen LogP contribution < -0.4 is 5.32 Å². The molecule has 1 aliphatic heterocycles. The van der Waals surface area contributed by atoms with Crippen LogP contribution >= 0.6 is 0 Å². The van der Waals surface area contributed by atoms with Gasteiger partial charge in [0.15, 0.2) is 0 Å². The van der Waals surface area contributed by atoms with Gasteiger partial charge < -0.3 is 10.1 Å². The Morgan fingerprint density at radius 3 is 2.23 bits per heavy atom. The third-order valence-electron chi connectivity index (χ3n) is 3.30. The van der Waals surface area contributed by atoms with Gasteiger partial charge in [-0.1, -0.05) is 48.5 Å². The molecule has 0 aliphatic carbocycles. The molecule has 0 bridgehead atoms. The number of hydrogen-bond acceptors (Lipinski definition) is 3. The molecule has 1 unspecified atom stereocenters. The Morgan fingerprint density at radius 2 is 1.73 bits per heavy atom. The number of carbonyl (C=O) groups is 1. The summed E-state index contributed by atoms with van der Waals surface area (Å²) in [5.41, 5.74) is 1.03. The van der Waals surface area contributed by atoms with E-state index < -0.39 is 0 Å². The first kappa shape index (κ1) is 16.2. The second-order valence-electron chi connectivity index (χ2n) is 5.04. The van der Waals surface area contributed by atoms with Crippen LogP contribution in [0.3, 0.4) is 0 Å². The first-order valence-corrected chi connectivity index (χ1v) is 7.40. The van der Waals surface area contributed by atoms with E-state index in [2.05, 4.69) is 5.32 Å². The van der Waals surface area contributed by atoms with Crippen molar-refractivity contribution in [2.24, 2.45) is 0 Å². The minimum Gasteiger partial charge on any atom is -0.460 e. The zero-order valence-corrected chi connectivity index (χ0v) is 12.4. The largest absolute Gasteiger partial charge is 0.460 e. The SMILES string of the molecule is Fc1ccccc1.O=C(OCc1ccccc1)C1CCCN1. The van der Waals surface area contributed by atoms with Crippen LogP contribution in [0.4, 0.5) is 4.39 Å². The number of esters is 1. The van der Waals surface area contributed by atoms with E-state index in [4.69, 9.17) is 4.74 Å². The van der Waals surface area contributed by atoms with Gasteiger partial charge in [-0.2, -0.15) is 0 Å². The van der Waals surface area contributed by atoms with Crippen LogP contribution in [-0.2, 0) is 16.1 Å². The summed E-state index contributed by atoms with van der Waals surface area (Å²) in [6.45, 7) is 1.29. The molecule has 116 valence electrons. The van der Waals surface area contributed by atoms with Crippen LogP contribution in [0.25, 0.3) is 0 Å². The van der Waals surface area contributed by atoms with Crippen molar-refractivity contribution >= 4 is 5.97 Å². The quantitative estimate of drug-likeness (QED) is 0.884. The number of nitrogens with one attached hydrogen (secondary N) is 1. The average Bonchev–Trinajstić information content (AvgIpc) is 3.09. The zero-order valence-electron chi connectivity index (χ0n) is 12.4. The van der Waals surface area contributed by atoms with Crippen molar-refractivity contribution in [1.29, 1.82) is 0 Å². The minimum absolute atomic E-state index is 0.0892. The predicted molar refractivity (Wildman–Crippen MR) is 83.7 cm³/mol. The maximum absolute atomic E-state index is 11.9. The molecular formula is C18H20FNO2. The maximum Gasteiger partial charge on any atom is 0.323 e. The second kappa shape index (κ2) is 8.95. The third kappa shape index (κ3) is 5.66. The number of rotatable bonds is 3. The van der Waals surface area contributed by atoms with Gasteiger partial charge in [-0.3, -0.25) is 4.79 Å². The first-order valence-electron chi connectivity index (χ1n) is 7.40. The summed E-state index contributed by atoms with van der Waals surface area (Å²) in [4.78, 5) is 11.5. The number of halogens is 1. The fourth-order valence-electron chi connectivity index (χ4n) is 2.13. The zero-order chi connectivity index (χ0) is 15.6. The van der Waals surface area contributed by atoms with E-state index in [1.54, 1.807) is 18.2 Å². The lowest BCUT2D eigenvalue weighted by molar-refractivity contribution is -0.147. The molecule has 0 radical (unpaired) electrons. The summed E-state index contributed by atoms with van der Waals surface area (Å²) >= 11 is 0. The molecule has 0 aromatic heterocycles. The number of carbonyl (C=O) groups excluding carboxylic acids is 1. The van der Waals surface area contributed by atoms with E-state index in [1.165, 1.54) is 12.1 Å². The van der Waals surface area contributed by atoms with E-state index in [0.29, 0.717) is 6.61 Å². The van der Waals surface area contributed by atoms with Crippen LogP contribution in [0.2, 0.25) is 0 Å². The smallest absolute Gasteiger partial charge is 0.323 e. The van der Waals surface area contributed by atoms with Crippen molar-refractivity contribution in [3.8, 4) is 0 Å². The fourth-order valence-corrected chi connectivity index (χ4v) is 2.13. The molecule has 3 nitrogen and oxygen atoms in total. The number of hydrogen-bond donors (Lipinski definition) is 1. The predicted octanol–water partition coefficient (Wildman–Crippen LogP) is 3.31. The van der Waals surface area contributed by atoms with Gasteiger partial charge in [-0.25, -0.2) is 4.39 Å². The Hall–Kier alpha value is -2.20. The average molecular weight is 301 g/mol. The van der Waals surface area contributed by atoms with Crippen molar-refractivity contribution < 1.29 is 13.9 Å². The molecule has 0 spiro atoms. The summed E-state index contributed by atoms with van der Waals surface area (Å²) in [6.07, 6.45) is 1.96. The highest BCUT2D eigenvalue weighted by Crippen LogP contribution is 2.08. The Labute approximate surface area is 130 Å². The Balaban J connectivity index is 0.000000211. The molecule has 3 rings (SSSR count). The molecule has 2 aromatic carbocycles. The van der Waals surface area contributed by atoms with Crippen molar-refractivity contribution in [3.05, 3.63) is 72.0 Å². The van der Waals surface area contributed by atoms with Gasteiger partial charge in [0.25, 0.3) is 0 Å². The van der Waals surface area contributed by atoms with E-state index in [0.717, 1.165) is 24.9 Å². The van der Waals surface area contributed by atoms with Gasteiger partial charge in [0.05, 0.1) is 0 Å². The Morgan fingerprint density at radius 1 is 1.09 bits per heavy atom. The van der Waals surface area contributed by atoms with E-state index >= 15 is 0 Å². The van der Waals surface area contributed by atoms with Crippen LogP contribution in [0, 0.1) is 5.82 Å². The van der Waals surface area contributed by atoms with Crippen molar-refractivity contribution in [3.63, 3.8) is 0 Å². The number of ether oxygens (including phenoxy) is 1. The van der Waals surface area contributed by atoms with Crippen molar-refractivity contribution in [2.75, 3.05) is 6.54 Å².